The van der Waals surface area contributed by atoms with E-state index in [1.165, 1.54) is 0 Å². The van der Waals surface area contributed by atoms with Crippen molar-refractivity contribution in [2.24, 2.45) is 14.1 Å². The van der Waals surface area contributed by atoms with Gasteiger partial charge in [0.25, 0.3) is 5.91 Å². The van der Waals surface area contributed by atoms with Gasteiger partial charge in [0.2, 0.25) is 0 Å². The Kier molecular flexibility index (Phi) is 4.43. The van der Waals surface area contributed by atoms with Gasteiger partial charge in [0.05, 0.1) is 37.5 Å². The summed E-state index contributed by atoms with van der Waals surface area (Å²) in [7, 11) is 7.04. The number of carbonyl (C=O) groups excluding carboxylic acids is 1. The van der Waals surface area contributed by atoms with Crippen molar-refractivity contribution in [3.63, 3.8) is 0 Å². The van der Waals surface area contributed by atoms with Crippen molar-refractivity contribution in [3.05, 3.63) is 59.0 Å². The summed E-state index contributed by atoms with van der Waals surface area (Å²) in [4.78, 5) is 17.7. The fourth-order valence-corrected chi connectivity index (χ4v) is 4.33. The molecule has 158 valence electrons. The summed E-state index contributed by atoms with van der Waals surface area (Å²) in [5.74, 6) is 1.91. The molecule has 0 fully saturated rings. The molecule has 0 spiro atoms. The number of aryl methyl sites for hydroxylation is 2. The number of benzene rings is 2. The quantitative estimate of drug-likeness (QED) is 0.475. The van der Waals surface area contributed by atoms with Crippen molar-refractivity contribution < 1.29 is 14.3 Å². The smallest absolute Gasteiger partial charge is 0.272 e. The van der Waals surface area contributed by atoms with E-state index in [9.17, 15) is 4.79 Å². The molecule has 0 aliphatic heterocycles. The predicted octanol–water partition coefficient (Wildman–Crippen LogP) is 2.83. The largest absolute Gasteiger partial charge is 0.493 e. The lowest BCUT2D eigenvalue weighted by atomic mass is 10.1. The topological polar surface area (TPSA) is 83.2 Å². The molecule has 0 atom stereocenters. The summed E-state index contributed by atoms with van der Waals surface area (Å²) in [6, 6.07) is 11.8. The lowest BCUT2D eigenvalue weighted by Gasteiger charge is -2.11. The average Bonchev–Trinajstić information content (AvgIpc) is 3.42. The summed E-state index contributed by atoms with van der Waals surface area (Å²) >= 11 is 0. The van der Waals surface area contributed by atoms with Gasteiger partial charge in [-0.05, 0) is 29.8 Å². The SMILES string of the molecule is COc1cc2c(cc1OC)-c1c(c(C(=O)NCc3nc4ccccc4n3C)nn1C)C2. The molecule has 2 aromatic heterocycles. The summed E-state index contributed by atoms with van der Waals surface area (Å²) < 4.78 is 14.6. The second-order valence-corrected chi connectivity index (χ2v) is 7.60. The number of hydrogen-bond donors (Lipinski definition) is 1. The minimum Gasteiger partial charge on any atom is -0.493 e. The van der Waals surface area contributed by atoms with Gasteiger partial charge in [-0.25, -0.2) is 4.98 Å². The van der Waals surface area contributed by atoms with Crippen LogP contribution in [0.25, 0.3) is 22.3 Å². The van der Waals surface area contributed by atoms with Crippen LogP contribution in [0, 0.1) is 0 Å². The molecule has 2 aromatic carbocycles. The highest BCUT2D eigenvalue weighted by molar-refractivity contribution is 5.97. The lowest BCUT2D eigenvalue weighted by Crippen LogP contribution is -2.25. The van der Waals surface area contributed by atoms with Gasteiger partial charge in [0.1, 0.15) is 5.82 Å². The molecule has 8 nitrogen and oxygen atoms in total. The van der Waals surface area contributed by atoms with Gasteiger partial charge in [-0.1, -0.05) is 12.1 Å². The fraction of sp³-hybridized carbons (Fsp3) is 0.261. The van der Waals surface area contributed by atoms with Gasteiger partial charge in [0.15, 0.2) is 17.2 Å². The molecule has 1 aliphatic carbocycles. The molecular weight excluding hydrogens is 394 g/mol. The first-order valence-electron chi connectivity index (χ1n) is 10.0. The number of imidazole rings is 1. The van der Waals surface area contributed by atoms with Crippen molar-refractivity contribution in [2.75, 3.05) is 14.2 Å². The number of nitrogens with zero attached hydrogens (tertiary/aromatic N) is 4. The normalized spacial score (nSPS) is 12.0. The van der Waals surface area contributed by atoms with E-state index in [0.29, 0.717) is 30.2 Å². The number of aromatic nitrogens is 4. The number of nitrogens with one attached hydrogen (secondary N) is 1. The Morgan fingerprint density at radius 3 is 2.61 bits per heavy atom. The molecule has 8 heteroatoms. The van der Waals surface area contributed by atoms with Crippen LogP contribution in [0.3, 0.4) is 0 Å². The molecule has 1 N–H and O–H groups in total. The van der Waals surface area contributed by atoms with Crippen molar-refractivity contribution in [1.29, 1.82) is 0 Å². The number of para-hydroxylation sites is 2. The van der Waals surface area contributed by atoms with Crippen LogP contribution in [0.2, 0.25) is 0 Å². The zero-order chi connectivity index (χ0) is 21.7. The van der Waals surface area contributed by atoms with Crippen LogP contribution in [0.1, 0.15) is 27.4 Å². The number of methoxy groups -OCH3 is 2. The molecule has 0 radical (unpaired) electrons. The van der Waals surface area contributed by atoms with Crippen molar-refractivity contribution in [1.82, 2.24) is 24.6 Å². The first kappa shape index (κ1) is 19.2. The highest BCUT2D eigenvalue weighted by Crippen LogP contribution is 2.43. The minimum atomic E-state index is -0.212. The number of ether oxygens (including phenoxy) is 2. The van der Waals surface area contributed by atoms with Crippen molar-refractivity contribution in [3.8, 4) is 22.8 Å². The van der Waals surface area contributed by atoms with Gasteiger partial charge < -0.3 is 19.4 Å². The second-order valence-electron chi connectivity index (χ2n) is 7.60. The maximum absolute atomic E-state index is 13.0. The molecule has 31 heavy (non-hydrogen) atoms. The monoisotopic (exact) mass is 417 g/mol. The van der Waals surface area contributed by atoms with E-state index < -0.39 is 0 Å². The summed E-state index contributed by atoms with van der Waals surface area (Å²) in [6.07, 6.45) is 0.619. The van der Waals surface area contributed by atoms with Crippen LogP contribution in [-0.4, -0.2) is 39.5 Å². The molecular formula is C23H23N5O3. The Morgan fingerprint density at radius 1 is 1.13 bits per heavy atom. The Morgan fingerprint density at radius 2 is 1.87 bits per heavy atom. The maximum Gasteiger partial charge on any atom is 0.272 e. The maximum atomic E-state index is 13.0. The number of rotatable bonds is 5. The zero-order valence-electron chi connectivity index (χ0n) is 17.9. The van der Waals surface area contributed by atoms with Crippen LogP contribution in [-0.2, 0) is 27.1 Å². The molecule has 0 saturated heterocycles. The molecule has 1 aliphatic rings. The third-order valence-corrected chi connectivity index (χ3v) is 5.88. The Balaban J connectivity index is 1.43. The predicted molar refractivity (Wildman–Crippen MR) is 116 cm³/mol. The number of hydrogen-bond acceptors (Lipinski definition) is 5. The van der Waals surface area contributed by atoms with Gasteiger partial charge >= 0.3 is 0 Å². The summed E-state index contributed by atoms with van der Waals surface area (Å²) in [5, 5.41) is 7.50. The third-order valence-electron chi connectivity index (χ3n) is 5.88. The first-order chi connectivity index (χ1) is 15.0. The average molecular weight is 417 g/mol. The summed E-state index contributed by atoms with van der Waals surface area (Å²) in [5.41, 5.74) is 6.32. The van der Waals surface area contributed by atoms with E-state index in [-0.39, 0.29) is 5.91 Å². The second kappa shape index (κ2) is 7.16. The lowest BCUT2D eigenvalue weighted by molar-refractivity contribution is 0.0943. The Bertz CT molecular complexity index is 1330. The molecule has 4 aromatic rings. The molecule has 1 amide bonds. The number of fused-ring (bicyclic) bond motifs is 4. The molecule has 0 saturated carbocycles. The van der Waals surface area contributed by atoms with Crippen LogP contribution in [0.4, 0.5) is 0 Å². The minimum absolute atomic E-state index is 0.212. The number of amides is 1. The Hall–Kier alpha value is -3.81. The van der Waals surface area contributed by atoms with Crippen LogP contribution in [0.5, 0.6) is 11.5 Å². The van der Waals surface area contributed by atoms with Gasteiger partial charge in [-0.2, -0.15) is 5.10 Å². The van der Waals surface area contributed by atoms with E-state index in [1.54, 1.807) is 18.9 Å². The first-order valence-corrected chi connectivity index (χ1v) is 10.0. The molecule has 0 bridgehead atoms. The molecule has 5 rings (SSSR count). The van der Waals surface area contributed by atoms with Crippen LogP contribution >= 0.6 is 0 Å². The van der Waals surface area contributed by atoms with E-state index >= 15 is 0 Å². The van der Waals surface area contributed by atoms with Gasteiger partial charge in [0, 0.05) is 31.6 Å². The summed E-state index contributed by atoms with van der Waals surface area (Å²) in [6.45, 7) is 0.323. The van der Waals surface area contributed by atoms with Crippen molar-refractivity contribution >= 4 is 16.9 Å². The molecule has 2 heterocycles. The van der Waals surface area contributed by atoms with E-state index in [0.717, 1.165) is 39.2 Å². The van der Waals surface area contributed by atoms with E-state index in [2.05, 4.69) is 15.4 Å². The van der Waals surface area contributed by atoms with Gasteiger partial charge in [-0.3, -0.25) is 9.48 Å². The van der Waals surface area contributed by atoms with Crippen LogP contribution < -0.4 is 14.8 Å². The zero-order valence-corrected chi connectivity index (χ0v) is 17.9. The number of carbonyl (C=O) groups is 1. The van der Waals surface area contributed by atoms with Crippen molar-refractivity contribution in [2.45, 2.75) is 13.0 Å². The van der Waals surface area contributed by atoms with E-state index in [1.807, 2.05) is 55.1 Å². The Labute approximate surface area is 179 Å². The third kappa shape index (κ3) is 2.94. The van der Waals surface area contributed by atoms with Gasteiger partial charge in [-0.15, -0.1) is 0 Å². The molecule has 0 unspecified atom stereocenters. The standard InChI is InChI=1S/C23H23N5O3/c1-27-17-8-6-5-7-16(17)25-20(27)12-24-23(29)21-15-9-13-10-18(30-3)19(31-4)11-14(13)22(15)28(2)26-21/h5-8,10-11H,9,12H2,1-4H3,(H,24,29). The van der Waals surface area contributed by atoms with E-state index in [4.69, 9.17) is 9.47 Å². The van der Waals surface area contributed by atoms with Crippen LogP contribution in [0.15, 0.2) is 36.4 Å². The fourth-order valence-electron chi connectivity index (χ4n) is 4.33. The highest BCUT2D eigenvalue weighted by atomic mass is 16.5. The highest BCUT2D eigenvalue weighted by Gasteiger charge is 2.31.